The Bertz CT molecular complexity index is 412. The number of fused-ring (bicyclic) bond motifs is 5. The summed E-state index contributed by atoms with van der Waals surface area (Å²) in [4.78, 5) is 0. The smallest absolute Gasteiger partial charge is 0.403 e. The second-order valence-corrected chi connectivity index (χ2v) is 8.09. The van der Waals surface area contributed by atoms with Gasteiger partial charge in [-0.3, -0.25) is 0 Å². The maximum Gasteiger partial charge on any atom is 0.461 e. The Morgan fingerprint density at radius 2 is 1.68 bits per heavy atom. The van der Waals surface area contributed by atoms with E-state index < -0.39 is 0 Å². The van der Waals surface area contributed by atoms with E-state index in [9.17, 15) is 0 Å². The largest absolute Gasteiger partial charge is 0.461 e. The fraction of sp³-hybridized carbons (Fsp3) is 0.875. The third-order valence-electron chi connectivity index (χ3n) is 6.68. The highest BCUT2D eigenvalue weighted by Gasteiger charge is 2.61. The summed E-state index contributed by atoms with van der Waals surface area (Å²) >= 11 is 0. The summed E-state index contributed by atoms with van der Waals surface area (Å²) in [5.41, 5.74) is -0.348. The van der Waals surface area contributed by atoms with Gasteiger partial charge in [0.25, 0.3) is 0 Å². The summed E-state index contributed by atoms with van der Waals surface area (Å²) < 4.78 is 12.6. The van der Waals surface area contributed by atoms with Crippen molar-refractivity contribution in [2.45, 2.75) is 64.0 Å². The van der Waals surface area contributed by atoms with Crippen molar-refractivity contribution >= 4 is 7.12 Å². The molecule has 4 rings (SSSR count). The van der Waals surface area contributed by atoms with Crippen molar-refractivity contribution in [3.05, 3.63) is 12.2 Å². The van der Waals surface area contributed by atoms with E-state index in [0.717, 1.165) is 23.7 Å². The highest BCUT2D eigenvalue weighted by atomic mass is 16.7. The van der Waals surface area contributed by atoms with E-state index in [1.165, 1.54) is 19.3 Å². The van der Waals surface area contributed by atoms with Crippen molar-refractivity contribution in [3.63, 3.8) is 0 Å². The van der Waals surface area contributed by atoms with Crippen LogP contribution in [0.4, 0.5) is 0 Å². The van der Waals surface area contributed by atoms with Crippen LogP contribution in [0.2, 0.25) is 5.82 Å². The first-order chi connectivity index (χ1) is 8.89. The lowest BCUT2D eigenvalue weighted by Gasteiger charge is -2.32. The Kier molecular flexibility index (Phi) is 2.41. The van der Waals surface area contributed by atoms with Gasteiger partial charge in [0.2, 0.25) is 0 Å². The van der Waals surface area contributed by atoms with Crippen LogP contribution in [0.15, 0.2) is 12.2 Å². The van der Waals surface area contributed by atoms with Crippen molar-refractivity contribution in [2.24, 2.45) is 23.7 Å². The monoisotopic (exact) mass is 260 g/mol. The second kappa shape index (κ2) is 3.68. The van der Waals surface area contributed by atoms with E-state index in [2.05, 4.69) is 39.8 Å². The van der Waals surface area contributed by atoms with E-state index in [0.29, 0.717) is 5.82 Å². The molecule has 104 valence electrons. The van der Waals surface area contributed by atoms with Gasteiger partial charge in [-0.25, -0.2) is 0 Å². The molecule has 0 radical (unpaired) electrons. The Hall–Kier alpha value is -0.275. The molecule has 3 aliphatic carbocycles. The summed E-state index contributed by atoms with van der Waals surface area (Å²) in [6.07, 6.45) is 8.90. The Balaban J connectivity index is 1.54. The zero-order valence-corrected chi connectivity index (χ0v) is 12.6. The molecule has 1 heterocycles. The minimum atomic E-state index is -0.174. The van der Waals surface area contributed by atoms with Gasteiger partial charge in [0.05, 0.1) is 11.2 Å². The van der Waals surface area contributed by atoms with Gasteiger partial charge in [-0.15, -0.1) is 0 Å². The molecule has 3 fully saturated rings. The van der Waals surface area contributed by atoms with Crippen molar-refractivity contribution in [2.75, 3.05) is 0 Å². The summed E-state index contributed by atoms with van der Waals surface area (Å²) in [6.45, 7) is 8.67. The van der Waals surface area contributed by atoms with Crippen LogP contribution in [-0.4, -0.2) is 18.3 Å². The first kappa shape index (κ1) is 12.5. The number of allylic oxidation sites excluding steroid dienone is 2. The van der Waals surface area contributed by atoms with Crippen LogP contribution in [0.25, 0.3) is 0 Å². The molecule has 0 amide bonds. The minimum absolute atomic E-state index is 0.0292. The third-order valence-corrected chi connectivity index (χ3v) is 6.68. The van der Waals surface area contributed by atoms with E-state index >= 15 is 0 Å². The minimum Gasteiger partial charge on any atom is -0.403 e. The molecule has 4 aliphatic rings. The van der Waals surface area contributed by atoms with Crippen LogP contribution in [0.1, 0.15) is 47.0 Å². The molecular formula is C16H25BO2. The van der Waals surface area contributed by atoms with Crippen LogP contribution >= 0.6 is 0 Å². The Morgan fingerprint density at radius 1 is 1.00 bits per heavy atom. The summed E-state index contributed by atoms with van der Waals surface area (Å²) in [7, 11) is 0.0292. The van der Waals surface area contributed by atoms with Gasteiger partial charge in [0.15, 0.2) is 0 Å². The van der Waals surface area contributed by atoms with Crippen LogP contribution in [0.5, 0.6) is 0 Å². The molecule has 2 nitrogen and oxygen atoms in total. The maximum atomic E-state index is 6.31. The van der Waals surface area contributed by atoms with E-state index in [4.69, 9.17) is 9.31 Å². The van der Waals surface area contributed by atoms with E-state index in [-0.39, 0.29) is 18.3 Å². The lowest BCUT2D eigenvalue weighted by molar-refractivity contribution is 0.00578. The molecule has 0 aromatic heterocycles. The average molecular weight is 260 g/mol. The highest BCUT2D eigenvalue weighted by molar-refractivity contribution is 6.47. The first-order valence-electron chi connectivity index (χ1n) is 7.91. The van der Waals surface area contributed by atoms with Gasteiger partial charge in [0.1, 0.15) is 0 Å². The van der Waals surface area contributed by atoms with Gasteiger partial charge in [-0.1, -0.05) is 12.2 Å². The number of hydrogen-bond donors (Lipinski definition) is 0. The summed E-state index contributed by atoms with van der Waals surface area (Å²) in [6, 6.07) is 0. The molecule has 1 aliphatic heterocycles. The quantitative estimate of drug-likeness (QED) is 0.529. The lowest BCUT2D eigenvalue weighted by atomic mass is 9.59. The zero-order chi connectivity index (χ0) is 13.4. The van der Waals surface area contributed by atoms with Gasteiger partial charge >= 0.3 is 7.12 Å². The van der Waals surface area contributed by atoms with Gasteiger partial charge < -0.3 is 9.31 Å². The van der Waals surface area contributed by atoms with Gasteiger partial charge in [-0.05, 0) is 76.4 Å². The topological polar surface area (TPSA) is 18.5 Å². The number of hydrogen-bond acceptors (Lipinski definition) is 2. The van der Waals surface area contributed by atoms with Gasteiger partial charge in [0, 0.05) is 0 Å². The highest BCUT2D eigenvalue weighted by Crippen LogP contribution is 2.63. The molecule has 19 heavy (non-hydrogen) atoms. The fourth-order valence-corrected chi connectivity index (χ4v) is 4.99. The molecule has 0 aromatic carbocycles. The van der Waals surface area contributed by atoms with Crippen molar-refractivity contribution < 1.29 is 9.31 Å². The maximum absolute atomic E-state index is 6.31. The van der Waals surface area contributed by atoms with Crippen molar-refractivity contribution in [1.29, 1.82) is 0 Å². The van der Waals surface area contributed by atoms with E-state index in [1.54, 1.807) is 0 Å². The molecule has 0 aromatic rings. The molecule has 0 spiro atoms. The van der Waals surface area contributed by atoms with Crippen molar-refractivity contribution in [3.8, 4) is 0 Å². The molecule has 2 bridgehead atoms. The molecule has 2 saturated carbocycles. The molecule has 1 saturated heterocycles. The predicted molar refractivity (Wildman–Crippen MR) is 76.8 cm³/mol. The Labute approximate surface area is 117 Å². The molecule has 3 heteroatoms. The number of rotatable bonds is 1. The average Bonchev–Trinajstić information content (AvgIpc) is 3.01. The predicted octanol–water partition coefficient (Wildman–Crippen LogP) is 3.68. The molecular weight excluding hydrogens is 235 g/mol. The summed E-state index contributed by atoms with van der Waals surface area (Å²) in [5.74, 6) is 4.14. The van der Waals surface area contributed by atoms with Crippen LogP contribution < -0.4 is 0 Å². The zero-order valence-electron chi connectivity index (χ0n) is 12.6. The SMILES string of the molecule is CC1(C)OB(C2CC3CC2C2CC=CC32)OC1(C)C. The molecule has 0 N–H and O–H groups in total. The standard InChI is InChI=1S/C16H25BO2/c1-15(2)16(3,4)19-17(18-15)14-9-10-8-13(14)12-7-5-6-11(10)12/h5-6,10-14H,7-9H2,1-4H3. The lowest BCUT2D eigenvalue weighted by Crippen LogP contribution is -2.41. The normalized spacial score (nSPS) is 49.1. The molecule has 5 unspecified atom stereocenters. The van der Waals surface area contributed by atoms with E-state index in [1.807, 2.05) is 0 Å². The van der Waals surface area contributed by atoms with Crippen LogP contribution in [0.3, 0.4) is 0 Å². The van der Waals surface area contributed by atoms with Gasteiger partial charge in [-0.2, -0.15) is 0 Å². The second-order valence-electron chi connectivity index (χ2n) is 8.09. The summed E-state index contributed by atoms with van der Waals surface area (Å²) in [5, 5.41) is 0. The first-order valence-corrected chi connectivity index (χ1v) is 7.91. The van der Waals surface area contributed by atoms with Crippen LogP contribution in [0, 0.1) is 23.7 Å². The van der Waals surface area contributed by atoms with Crippen LogP contribution in [-0.2, 0) is 9.31 Å². The molecule has 5 atom stereocenters. The van der Waals surface area contributed by atoms with Crippen molar-refractivity contribution in [1.82, 2.24) is 0 Å². The Morgan fingerprint density at radius 3 is 2.37 bits per heavy atom. The fourth-order valence-electron chi connectivity index (χ4n) is 4.99. The third kappa shape index (κ3) is 1.58.